The van der Waals surface area contributed by atoms with E-state index in [9.17, 15) is 14.9 Å². The third-order valence-corrected chi connectivity index (χ3v) is 2.29. The van der Waals surface area contributed by atoms with Crippen molar-refractivity contribution in [3.05, 3.63) is 22.5 Å². The van der Waals surface area contributed by atoms with E-state index in [0.717, 1.165) is 11.8 Å². The lowest BCUT2D eigenvalue weighted by Gasteiger charge is -1.99. The first-order chi connectivity index (χ1) is 6.61. The van der Waals surface area contributed by atoms with Crippen molar-refractivity contribution in [2.24, 2.45) is 0 Å². The van der Waals surface area contributed by atoms with Crippen molar-refractivity contribution in [2.75, 3.05) is 5.75 Å². The first kappa shape index (κ1) is 10.7. The van der Waals surface area contributed by atoms with Crippen LogP contribution in [0.1, 0.15) is 6.92 Å². The van der Waals surface area contributed by atoms with Crippen LogP contribution in [0.25, 0.3) is 0 Å². The van der Waals surface area contributed by atoms with Gasteiger partial charge in [-0.1, -0.05) is 16.7 Å². The molecule has 7 heteroatoms. The molecule has 76 valence electrons. The monoisotopic (exact) mass is 215 g/mol. The van der Waals surface area contributed by atoms with Gasteiger partial charge in [-0.05, 0) is 4.92 Å². The summed E-state index contributed by atoms with van der Waals surface area (Å²) in [4.78, 5) is 24.1. The molecular weight excluding hydrogens is 206 g/mol. The molecule has 0 atom stereocenters. The van der Waals surface area contributed by atoms with Gasteiger partial charge in [0.1, 0.15) is 12.4 Å². The Hall–Kier alpha value is -1.37. The molecule has 0 N–H and O–H groups in total. The quantitative estimate of drug-likeness (QED) is 0.554. The molecule has 0 saturated heterocycles. The van der Waals surface area contributed by atoms with E-state index in [1.165, 1.54) is 23.9 Å². The molecule has 14 heavy (non-hydrogen) atoms. The van der Waals surface area contributed by atoms with E-state index in [-0.39, 0.29) is 11.1 Å². The Kier molecular flexibility index (Phi) is 3.63. The van der Waals surface area contributed by atoms with Crippen LogP contribution < -0.4 is 0 Å². The summed E-state index contributed by atoms with van der Waals surface area (Å²) in [6.45, 7) is 1.88. The smallest absolute Gasteiger partial charge is 0.390 e. The van der Waals surface area contributed by atoms with Crippen LogP contribution in [0.4, 0.5) is 5.95 Å². The van der Waals surface area contributed by atoms with Gasteiger partial charge in [0, 0.05) is 12.7 Å². The summed E-state index contributed by atoms with van der Waals surface area (Å²) in [7, 11) is 0. The molecule has 0 amide bonds. The number of nitrogens with zero attached hydrogens (tertiary/aromatic N) is 3. The van der Waals surface area contributed by atoms with E-state index >= 15 is 0 Å². The van der Waals surface area contributed by atoms with Gasteiger partial charge in [0.25, 0.3) is 0 Å². The number of hydrogen-bond acceptors (Lipinski definition) is 5. The summed E-state index contributed by atoms with van der Waals surface area (Å²) in [5.74, 6) is 0.334. The van der Waals surface area contributed by atoms with Gasteiger partial charge in [-0.15, -0.1) is 0 Å². The van der Waals surface area contributed by atoms with Crippen LogP contribution in [-0.2, 0) is 11.3 Å². The highest BCUT2D eigenvalue weighted by molar-refractivity contribution is 8.13. The number of aromatic nitrogens is 2. The zero-order valence-corrected chi connectivity index (χ0v) is 8.36. The highest BCUT2D eigenvalue weighted by atomic mass is 32.2. The maximum Gasteiger partial charge on any atom is 0.434 e. The largest absolute Gasteiger partial charge is 0.434 e. The van der Waals surface area contributed by atoms with Crippen molar-refractivity contribution in [1.82, 2.24) is 9.55 Å². The minimum atomic E-state index is -0.543. The van der Waals surface area contributed by atoms with Crippen molar-refractivity contribution < 1.29 is 9.72 Å². The zero-order valence-electron chi connectivity index (χ0n) is 7.54. The van der Waals surface area contributed by atoms with E-state index in [2.05, 4.69) is 4.98 Å². The molecule has 0 radical (unpaired) electrons. The van der Waals surface area contributed by atoms with Gasteiger partial charge in [0.15, 0.2) is 5.12 Å². The maximum atomic E-state index is 10.6. The molecule has 0 fully saturated rings. The fourth-order valence-corrected chi connectivity index (χ4v) is 1.51. The Morgan fingerprint density at radius 1 is 1.79 bits per heavy atom. The Bertz CT molecular complexity index is 350. The molecule has 1 rings (SSSR count). The van der Waals surface area contributed by atoms with Crippen LogP contribution in [-0.4, -0.2) is 25.3 Å². The third kappa shape index (κ3) is 2.84. The third-order valence-electron chi connectivity index (χ3n) is 1.49. The maximum absolute atomic E-state index is 10.6. The Morgan fingerprint density at radius 2 is 2.50 bits per heavy atom. The molecule has 0 aliphatic heterocycles. The number of thioether (sulfide) groups is 1. The summed E-state index contributed by atoms with van der Waals surface area (Å²) in [6, 6.07) is 0. The summed E-state index contributed by atoms with van der Waals surface area (Å²) in [6.07, 6.45) is 2.90. The predicted octanol–water partition coefficient (Wildman–Crippen LogP) is 1.07. The van der Waals surface area contributed by atoms with Gasteiger partial charge in [-0.3, -0.25) is 4.79 Å². The van der Waals surface area contributed by atoms with Crippen molar-refractivity contribution in [1.29, 1.82) is 0 Å². The second kappa shape index (κ2) is 4.75. The molecule has 6 nitrogen and oxygen atoms in total. The zero-order chi connectivity index (χ0) is 10.6. The number of nitro groups is 1. The summed E-state index contributed by atoms with van der Waals surface area (Å²) < 4.78 is 1.41. The Balaban J connectivity index is 2.54. The lowest BCUT2D eigenvalue weighted by molar-refractivity contribution is -0.396. The van der Waals surface area contributed by atoms with E-state index in [1.807, 2.05) is 0 Å². The molecule has 1 aromatic heterocycles. The number of carbonyl (C=O) groups is 1. The predicted molar refractivity (Wildman–Crippen MR) is 52.0 cm³/mol. The van der Waals surface area contributed by atoms with Crippen LogP contribution in [0.3, 0.4) is 0 Å². The average molecular weight is 215 g/mol. The topological polar surface area (TPSA) is 78.0 Å². The number of imidazole rings is 1. The van der Waals surface area contributed by atoms with E-state index in [1.54, 1.807) is 0 Å². The number of aryl methyl sites for hydroxylation is 1. The van der Waals surface area contributed by atoms with Gasteiger partial charge in [-0.2, -0.15) is 0 Å². The van der Waals surface area contributed by atoms with Gasteiger partial charge >= 0.3 is 5.95 Å². The van der Waals surface area contributed by atoms with E-state index in [4.69, 9.17) is 0 Å². The SMILES string of the molecule is CC(=O)SCCn1ccnc1[N+](=O)[O-]. The molecule has 1 aromatic rings. The molecule has 1 heterocycles. The average Bonchev–Trinajstić information content (AvgIpc) is 2.51. The van der Waals surface area contributed by atoms with Crippen LogP contribution in [0.15, 0.2) is 12.4 Å². The molecule has 0 unspecified atom stereocenters. The first-order valence-electron chi connectivity index (χ1n) is 3.90. The standard InChI is InChI=1S/C7H9N3O3S/c1-6(11)14-5-4-9-3-2-8-7(9)10(12)13/h2-3H,4-5H2,1H3. The number of hydrogen-bond donors (Lipinski definition) is 0. The number of carbonyl (C=O) groups excluding carboxylic acids is 1. The Labute approximate surface area is 84.5 Å². The molecular formula is C7H9N3O3S. The molecule has 0 saturated carbocycles. The van der Waals surface area contributed by atoms with Gasteiger partial charge in [0.05, 0.1) is 6.54 Å². The lowest BCUT2D eigenvalue weighted by atomic mass is 10.7. The van der Waals surface area contributed by atoms with Gasteiger partial charge in [0.2, 0.25) is 0 Å². The summed E-state index contributed by atoms with van der Waals surface area (Å²) in [5.41, 5.74) is 0. The van der Waals surface area contributed by atoms with Crippen molar-refractivity contribution in [3.63, 3.8) is 0 Å². The first-order valence-corrected chi connectivity index (χ1v) is 4.88. The molecule has 0 aliphatic rings. The minimum Gasteiger partial charge on any atom is -0.390 e. The highest BCUT2D eigenvalue weighted by Gasteiger charge is 2.13. The van der Waals surface area contributed by atoms with E-state index in [0.29, 0.717) is 12.3 Å². The molecule has 0 aromatic carbocycles. The van der Waals surface area contributed by atoms with Crippen molar-refractivity contribution in [2.45, 2.75) is 13.5 Å². The Morgan fingerprint density at radius 3 is 3.07 bits per heavy atom. The molecule has 0 aliphatic carbocycles. The second-order valence-electron chi connectivity index (χ2n) is 2.52. The fraction of sp³-hybridized carbons (Fsp3) is 0.429. The second-order valence-corrected chi connectivity index (χ2v) is 3.79. The molecule has 0 bridgehead atoms. The van der Waals surface area contributed by atoms with Crippen LogP contribution in [0, 0.1) is 10.1 Å². The van der Waals surface area contributed by atoms with Gasteiger partial charge in [-0.25, -0.2) is 4.57 Å². The summed E-state index contributed by atoms with van der Waals surface area (Å²) in [5, 5.41) is 10.4. The van der Waals surface area contributed by atoms with Crippen LogP contribution >= 0.6 is 11.8 Å². The van der Waals surface area contributed by atoms with Crippen molar-refractivity contribution in [3.8, 4) is 0 Å². The lowest BCUT2D eigenvalue weighted by Crippen LogP contribution is -2.05. The van der Waals surface area contributed by atoms with Crippen molar-refractivity contribution >= 4 is 22.8 Å². The van der Waals surface area contributed by atoms with Gasteiger partial charge < -0.3 is 10.1 Å². The fourth-order valence-electron chi connectivity index (χ4n) is 0.936. The van der Waals surface area contributed by atoms with Crippen LogP contribution in [0.2, 0.25) is 0 Å². The number of rotatable bonds is 4. The highest BCUT2D eigenvalue weighted by Crippen LogP contribution is 2.09. The summed E-state index contributed by atoms with van der Waals surface area (Å²) >= 11 is 1.14. The minimum absolute atomic E-state index is 0.00719. The molecule has 0 spiro atoms. The van der Waals surface area contributed by atoms with Crippen LogP contribution in [0.5, 0.6) is 0 Å². The normalized spacial score (nSPS) is 10.1. The van der Waals surface area contributed by atoms with E-state index < -0.39 is 4.92 Å².